The number of fused-ring (bicyclic) bond motifs is 2. The van der Waals surface area contributed by atoms with Gasteiger partial charge in [0.25, 0.3) is 5.91 Å². The number of phenolic OH excluding ortho intramolecular Hbond substituents is 1. The summed E-state index contributed by atoms with van der Waals surface area (Å²) in [5.74, 6) is -5.69. The average molecular weight is 857 g/mol. The number of amides is 3. The number of cyclic esters (lactones) is 1. The molecule has 1 saturated heterocycles. The van der Waals surface area contributed by atoms with Crippen molar-refractivity contribution >= 4 is 35.4 Å². The lowest BCUT2D eigenvalue weighted by Crippen LogP contribution is -2.62. The van der Waals surface area contributed by atoms with E-state index in [0.29, 0.717) is 29.7 Å². The molecule has 2 aromatic rings. The number of para-hydroxylation sites is 1. The lowest BCUT2D eigenvalue weighted by atomic mass is 9.84. The van der Waals surface area contributed by atoms with Gasteiger partial charge >= 0.3 is 11.9 Å². The Bertz CT molecular complexity index is 2000. The van der Waals surface area contributed by atoms with Crippen LogP contribution in [0.5, 0.6) is 11.5 Å². The Kier molecular flexibility index (Phi) is 18.8. The Morgan fingerprint density at radius 2 is 1.73 bits per heavy atom. The number of esters is 2. The molecule has 15 nitrogen and oxygen atoms in total. The third-order valence-corrected chi connectivity index (χ3v) is 10.8. The van der Waals surface area contributed by atoms with Gasteiger partial charge in [0.05, 0.1) is 18.1 Å². The number of carbonyl (C=O) groups excluding carboxylic acids is 6. The van der Waals surface area contributed by atoms with Crippen LogP contribution in [-0.4, -0.2) is 98.8 Å². The fourth-order valence-electron chi connectivity index (χ4n) is 7.07. The molecule has 2 bridgehead atoms. The quantitative estimate of drug-likeness (QED) is 0.0867. The number of nitrogens with zero attached hydrogens (tertiary/aromatic N) is 1. The molecule has 1 unspecified atom stereocenters. The summed E-state index contributed by atoms with van der Waals surface area (Å²) in [5.41, 5.74) is 4.09. The van der Waals surface area contributed by atoms with Gasteiger partial charge in [0.15, 0.2) is 0 Å². The number of ether oxygens (including phenoxy) is 2. The minimum Gasteiger partial charge on any atom is -0.508 e. The Morgan fingerprint density at radius 3 is 2.42 bits per heavy atom. The summed E-state index contributed by atoms with van der Waals surface area (Å²) in [7, 11) is 0. The van der Waals surface area contributed by atoms with Crippen molar-refractivity contribution in [3.63, 3.8) is 0 Å². The topological polar surface area (TPSA) is 221 Å². The van der Waals surface area contributed by atoms with Crippen molar-refractivity contribution in [2.45, 2.75) is 110 Å². The smallest absolute Gasteiger partial charge is 0.336 e. The van der Waals surface area contributed by atoms with Crippen LogP contribution in [0.25, 0.3) is 0 Å². The molecule has 2 heterocycles. The maximum absolute atomic E-state index is 14.3. The van der Waals surface area contributed by atoms with Gasteiger partial charge < -0.3 is 40.2 Å². The molecule has 3 amide bonds. The summed E-state index contributed by atoms with van der Waals surface area (Å²) >= 11 is 0. The summed E-state index contributed by atoms with van der Waals surface area (Å²) in [6.45, 7) is 8.26. The molecule has 62 heavy (non-hydrogen) atoms. The van der Waals surface area contributed by atoms with Crippen LogP contribution in [-0.2, 0) is 39.9 Å². The number of rotatable bonds is 10. The number of ketones is 1. The van der Waals surface area contributed by atoms with Gasteiger partial charge in [-0.3, -0.25) is 24.2 Å². The zero-order valence-electron chi connectivity index (χ0n) is 35.9. The van der Waals surface area contributed by atoms with Gasteiger partial charge in [-0.2, -0.15) is 0 Å². The molecule has 0 radical (unpaired) electrons. The van der Waals surface area contributed by atoms with E-state index >= 15 is 0 Å². The second kappa shape index (κ2) is 23.9. The third kappa shape index (κ3) is 14.9. The lowest BCUT2D eigenvalue weighted by Gasteiger charge is -2.36. The first-order valence-electron chi connectivity index (χ1n) is 21.0. The van der Waals surface area contributed by atoms with E-state index in [0.717, 1.165) is 0 Å². The highest BCUT2D eigenvalue weighted by Crippen LogP contribution is 2.24. The van der Waals surface area contributed by atoms with E-state index in [9.17, 15) is 44.1 Å². The molecular formula is C47H60N4O11. The van der Waals surface area contributed by atoms with Crippen LogP contribution in [0.3, 0.4) is 0 Å². The number of carbonyl (C=O) groups is 6. The zero-order chi connectivity index (χ0) is 45.3. The van der Waals surface area contributed by atoms with Crippen molar-refractivity contribution in [2.75, 3.05) is 6.54 Å². The van der Waals surface area contributed by atoms with Crippen LogP contribution in [0.4, 0.5) is 0 Å². The van der Waals surface area contributed by atoms with Crippen molar-refractivity contribution in [3.8, 4) is 11.5 Å². The molecule has 0 aliphatic carbocycles. The van der Waals surface area contributed by atoms with E-state index in [1.165, 1.54) is 42.3 Å². The third-order valence-electron chi connectivity index (χ3n) is 10.8. The summed E-state index contributed by atoms with van der Waals surface area (Å²) in [6, 6.07) is 11.4. The Labute approximate surface area is 362 Å². The Balaban J connectivity index is 1.70. The second-order valence-corrected chi connectivity index (χ2v) is 16.1. The molecule has 6 N–H and O–H groups in total. The number of aliphatic hydroxyl groups is 2. The highest BCUT2D eigenvalue weighted by atomic mass is 16.5. The number of aliphatic hydroxyl groups excluding tert-OH is 2. The first-order chi connectivity index (χ1) is 29.5. The molecule has 2 aliphatic rings. The monoisotopic (exact) mass is 856 g/mol. The van der Waals surface area contributed by atoms with Crippen LogP contribution in [0.1, 0.15) is 72.3 Å². The average Bonchev–Trinajstić information content (AvgIpc) is 3.23. The van der Waals surface area contributed by atoms with Crippen molar-refractivity contribution in [1.29, 1.82) is 0 Å². The number of aromatic hydroxyl groups is 1. The SMILES string of the molecule is CC(=O)CC[C@H]1C(=O)N[C@@H](C(C)C)C(=O)N[C@@H](Cc2cccc(O)c2)C(=O)N2CCCC(N2)C(=O)O[C@H](C(C)=CC=CC(=O)Oc2ccccc2)CC=CC=C[C@H](O)[C@H](C)[C@H]1O. The first kappa shape index (κ1) is 48.8. The number of hydrazine groups is 1. The lowest BCUT2D eigenvalue weighted by molar-refractivity contribution is -0.156. The molecular weight excluding hydrogens is 797 g/mol. The summed E-state index contributed by atoms with van der Waals surface area (Å²) < 4.78 is 11.3. The maximum atomic E-state index is 14.3. The summed E-state index contributed by atoms with van der Waals surface area (Å²) in [5, 5.41) is 39.6. The van der Waals surface area contributed by atoms with Gasteiger partial charge in [0.2, 0.25) is 11.8 Å². The summed E-state index contributed by atoms with van der Waals surface area (Å²) in [4.78, 5) is 80.7. The minimum atomic E-state index is -1.43. The molecule has 334 valence electrons. The van der Waals surface area contributed by atoms with Gasteiger partial charge in [-0.05, 0) is 74.4 Å². The Morgan fingerprint density at radius 1 is 0.984 bits per heavy atom. The van der Waals surface area contributed by atoms with Gasteiger partial charge in [-0.25, -0.2) is 10.2 Å². The van der Waals surface area contributed by atoms with Crippen LogP contribution in [0, 0.1) is 17.8 Å². The van der Waals surface area contributed by atoms with E-state index < -0.39 is 83.9 Å². The van der Waals surface area contributed by atoms with E-state index in [-0.39, 0.29) is 43.8 Å². The molecule has 8 atom stereocenters. The van der Waals surface area contributed by atoms with Crippen LogP contribution >= 0.6 is 0 Å². The number of allylic oxidation sites excluding steroid dienone is 4. The number of phenols is 1. The van der Waals surface area contributed by atoms with E-state index in [1.54, 1.807) is 94.5 Å². The standard InChI is InChI=1S/C47H60N4O11/c1-29(2)42-45(58)48-38(28-33-16-13-17-34(53)27-33)46(59)51-26-14-20-37(50-51)47(60)62-40(30(3)15-12-23-41(55)61-35-18-8-6-9-19-35)22-11-7-10-21-39(54)32(5)43(56)36(44(57)49-42)25-24-31(4)52/h6-13,15-19,21,23,27,29,32,36-40,42-43,50,53-54,56H,14,20,22,24-26,28H2,1-5H3,(H,48,58)(H,49,57)/t32-,36+,37?,38-,39-,40-,42-,43+/m0/s1. The second-order valence-electron chi connectivity index (χ2n) is 16.1. The van der Waals surface area contributed by atoms with Crippen molar-refractivity contribution in [1.82, 2.24) is 21.1 Å². The fourth-order valence-corrected chi connectivity index (χ4v) is 7.07. The number of Topliss-reactive ketones (excluding diaryl/α,β-unsaturated/α-hetero) is 1. The van der Waals surface area contributed by atoms with Crippen molar-refractivity contribution in [3.05, 3.63) is 108 Å². The molecule has 4 rings (SSSR count). The van der Waals surface area contributed by atoms with Crippen molar-refractivity contribution < 1.29 is 53.6 Å². The van der Waals surface area contributed by atoms with Crippen LogP contribution in [0.15, 0.2) is 103 Å². The molecule has 15 heteroatoms. The normalized spacial score (nSPS) is 26.3. The van der Waals surface area contributed by atoms with Gasteiger partial charge in [0.1, 0.15) is 41.5 Å². The number of hydrogen-bond donors (Lipinski definition) is 6. The number of benzene rings is 2. The predicted molar refractivity (Wildman–Crippen MR) is 231 cm³/mol. The van der Waals surface area contributed by atoms with Gasteiger partial charge in [0, 0.05) is 37.8 Å². The number of hydrogen-bond acceptors (Lipinski definition) is 12. The molecule has 0 spiro atoms. The molecule has 2 aliphatic heterocycles. The van der Waals surface area contributed by atoms with E-state index in [2.05, 4.69) is 16.1 Å². The fraction of sp³-hybridized carbons (Fsp3) is 0.447. The van der Waals surface area contributed by atoms with E-state index in [4.69, 9.17) is 9.47 Å². The number of nitrogens with one attached hydrogen (secondary N) is 3. The highest BCUT2D eigenvalue weighted by molar-refractivity contribution is 5.93. The van der Waals surface area contributed by atoms with Crippen molar-refractivity contribution in [2.24, 2.45) is 17.8 Å². The predicted octanol–water partition coefficient (Wildman–Crippen LogP) is 3.94. The van der Waals surface area contributed by atoms with Crippen LogP contribution < -0.4 is 20.8 Å². The zero-order valence-corrected chi connectivity index (χ0v) is 35.9. The molecule has 2 aromatic carbocycles. The summed E-state index contributed by atoms with van der Waals surface area (Å²) in [6.07, 6.45) is 7.97. The van der Waals surface area contributed by atoms with Gasteiger partial charge in [-0.1, -0.05) is 87.6 Å². The maximum Gasteiger partial charge on any atom is 0.336 e. The first-order valence-corrected chi connectivity index (χ1v) is 21.0. The largest absolute Gasteiger partial charge is 0.508 e. The van der Waals surface area contributed by atoms with Crippen LogP contribution in [0.2, 0.25) is 0 Å². The minimum absolute atomic E-state index is 0.0351. The van der Waals surface area contributed by atoms with Gasteiger partial charge in [-0.15, -0.1) is 0 Å². The Hall–Kier alpha value is -5.90. The molecule has 1 fully saturated rings. The van der Waals surface area contributed by atoms with E-state index in [1.807, 2.05) is 0 Å². The molecule has 0 saturated carbocycles. The molecule has 0 aromatic heterocycles. The highest BCUT2D eigenvalue weighted by Gasteiger charge is 2.38.